The van der Waals surface area contributed by atoms with E-state index in [1.807, 2.05) is 0 Å². The summed E-state index contributed by atoms with van der Waals surface area (Å²) in [5.74, 6) is -11.2. The van der Waals surface area contributed by atoms with Crippen LogP contribution in [0.1, 0.15) is 64.1 Å². The maximum Gasteiger partial charge on any atom is 0.328 e. The number of carboxylic acid groups (broad SMARTS) is 1. The van der Waals surface area contributed by atoms with Crippen LogP contribution in [0.4, 0.5) is 0 Å². The van der Waals surface area contributed by atoms with Crippen molar-refractivity contribution in [1.29, 1.82) is 0 Å². The number of hydrogen-bond acceptors (Lipinski definition) is 16. The predicted molar refractivity (Wildman–Crippen MR) is 235 cm³/mol. The number of hydrogen-bond donors (Lipinski definition) is 16. The first kappa shape index (κ1) is 56.9. The lowest BCUT2D eigenvalue weighted by Gasteiger charge is -2.28. The number of carboxylic acids is 1. The first-order valence-electron chi connectivity index (χ1n) is 21.3. The molecule has 0 radical (unpaired) electrons. The highest BCUT2D eigenvalue weighted by Crippen LogP contribution is 2.13. The van der Waals surface area contributed by atoms with E-state index in [0.717, 1.165) is 6.92 Å². The largest absolute Gasteiger partial charge is 0.508 e. The van der Waals surface area contributed by atoms with Crippen molar-refractivity contribution in [2.45, 2.75) is 120 Å². The van der Waals surface area contributed by atoms with E-state index in [9.17, 15) is 73.5 Å². The number of aromatic hydroxyl groups is 1. The number of carbonyl (C=O) groups is 10. The lowest BCUT2D eigenvalue weighted by molar-refractivity contribution is -0.145. The van der Waals surface area contributed by atoms with Gasteiger partial charge in [0.25, 0.3) is 0 Å². The molecule has 1 aromatic heterocycles. The second-order valence-electron chi connectivity index (χ2n) is 16.2. The van der Waals surface area contributed by atoms with E-state index in [1.54, 1.807) is 13.8 Å². The van der Waals surface area contributed by atoms with Crippen molar-refractivity contribution in [2.24, 2.45) is 23.1 Å². The number of nitrogens with two attached hydrogens (primary N) is 3. The lowest BCUT2D eigenvalue weighted by atomic mass is 10.0. The molecule has 9 amide bonds. The summed E-state index contributed by atoms with van der Waals surface area (Å²) in [4.78, 5) is 136. The van der Waals surface area contributed by atoms with Gasteiger partial charge in [-0.3, -0.25) is 43.2 Å². The van der Waals surface area contributed by atoms with Crippen molar-refractivity contribution in [1.82, 2.24) is 47.2 Å². The molecule has 0 bridgehead atoms. The lowest BCUT2D eigenvalue weighted by Crippen LogP contribution is -2.61. The van der Waals surface area contributed by atoms with Gasteiger partial charge in [-0.05, 0) is 49.8 Å². The normalized spacial score (nSPS) is 15.1. The molecule has 27 heteroatoms. The van der Waals surface area contributed by atoms with Crippen molar-refractivity contribution in [3.63, 3.8) is 0 Å². The van der Waals surface area contributed by atoms with E-state index in [1.165, 1.54) is 36.8 Å². The Balaban J connectivity index is 2.28. The number of H-pyrrole nitrogens is 1. The Morgan fingerprint density at radius 1 is 0.618 bits per heavy atom. The van der Waals surface area contributed by atoms with Gasteiger partial charge in [0, 0.05) is 37.6 Å². The number of nitrogens with zero attached hydrogens (tertiary/aromatic N) is 1. The van der Waals surface area contributed by atoms with Crippen LogP contribution in [0.5, 0.6) is 5.75 Å². The third-order valence-electron chi connectivity index (χ3n) is 9.98. The predicted octanol–water partition coefficient (Wildman–Crippen LogP) is -6.35. The Bertz CT molecular complexity index is 2050. The van der Waals surface area contributed by atoms with Crippen LogP contribution in [0.25, 0.3) is 0 Å². The highest BCUT2D eigenvalue weighted by molar-refractivity contribution is 5.98. The number of phenolic OH excluding ortho intramolecular Hbond substituents is 1. The monoisotopic (exact) mass is 962 g/mol. The first-order valence-corrected chi connectivity index (χ1v) is 21.3. The van der Waals surface area contributed by atoms with Crippen LogP contribution >= 0.6 is 0 Å². The zero-order chi connectivity index (χ0) is 51.2. The number of imidazole rings is 1. The summed E-state index contributed by atoms with van der Waals surface area (Å²) >= 11 is 0. The second kappa shape index (κ2) is 28.1. The molecule has 1 aromatic carbocycles. The number of benzene rings is 1. The zero-order valence-corrected chi connectivity index (χ0v) is 37.6. The number of aliphatic carboxylic acids is 1. The second-order valence-corrected chi connectivity index (χ2v) is 16.2. The highest BCUT2D eigenvalue weighted by atomic mass is 16.4. The topological polar surface area (TPSA) is 463 Å². The summed E-state index contributed by atoms with van der Waals surface area (Å²) in [7, 11) is 0. The number of aliphatic hydroxyl groups excluding tert-OH is 3. The van der Waals surface area contributed by atoms with Crippen molar-refractivity contribution < 1.29 is 73.5 Å². The van der Waals surface area contributed by atoms with Crippen LogP contribution in [0.2, 0.25) is 0 Å². The Hall–Kier alpha value is -7.23. The molecular formula is C41H62N12O15. The fourth-order valence-corrected chi connectivity index (χ4v) is 6.29. The van der Waals surface area contributed by atoms with Crippen molar-refractivity contribution in [2.75, 3.05) is 13.2 Å². The molecule has 0 aliphatic rings. The number of rotatable bonds is 30. The number of aromatic amines is 1. The number of phenols is 1. The summed E-state index contributed by atoms with van der Waals surface area (Å²) in [6.07, 6.45) is -0.785. The molecule has 9 atom stereocenters. The molecule has 0 fully saturated rings. The van der Waals surface area contributed by atoms with E-state index in [0.29, 0.717) is 11.3 Å². The summed E-state index contributed by atoms with van der Waals surface area (Å²) < 4.78 is 0. The van der Waals surface area contributed by atoms with Crippen LogP contribution in [0.3, 0.4) is 0 Å². The Labute approximate surface area is 389 Å². The van der Waals surface area contributed by atoms with Gasteiger partial charge in [0.05, 0.1) is 31.7 Å². The maximum absolute atomic E-state index is 13.8. The Morgan fingerprint density at radius 2 is 1.04 bits per heavy atom. The molecule has 0 aliphatic heterocycles. The van der Waals surface area contributed by atoms with Gasteiger partial charge in [0.2, 0.25) is 53.2 Å². The molecule has 27 nitrogen and oxygen atoms in total. The Morgan fingerprint density at radius 3 is 1.47 bits per heavy atom. The fourth-order valence-electron chi connectivity index (χ4n) is 6.29. The minimum absolute atomic E-state index is 0.0112. The van der Waals surface area contributed by atoms with Crippen molar-refractivity contribution in [3.05, 3.63) is 48.0 Å². The van der Waals surface area contributed by atoms with Crippen LogP contribution < -0.4 is 54.4 Å². The summed E-state index contributed by atoms with van der Waals surface area (Å²) in [6.45, 7) is 2.25. The standard InChI is InChI=1S/C41H62N12O15/c1-19(2)12-27(49-36(62)26(9-11-32(44)59)48-35(61)25(8-10-31(43)58)47-34(60)24(42)14-22-15-45-18-46-22)37(63)51-30(17-55)40(66)52-29(16-54)39(65)50-28(13-21-4-6-23(57)7-5-21)38(64)53-33(20(3)56)41(67)68/h4-7,15,18-20,24-30,33,54-57H,8-14,16-17,42H2,1-3H3,(H2,43,58)(H2,44,59)(H,45,46)(H,47,60)(H,48,61)(H,49,62)(H,50,65)(H,51,63)(H,52,66)(H,53,64)(H,67,68)/t20-,24+,25+,26+,27+,28+,29+,30+,33+/m1/s1. The number of carbonyl (C=O) groups excluding carboxylic acids is 9. The molecule has 2 rings (SSSR count). The molecule has 0 saturated heterocycles. The van der Waals surface area contributed by atoms with E-state index >= 15 is 0 Å². The molecule has 0 saturated carbocycles. The van der Waals surface area contributed by atoms with Crippen molar-refractivity contribution >= 4 is 59.1 Å². The zero-order valence-electron chi connectivity index (χ0n) is 37.6. The van der Waals surface area contributed by atoms with Gasteiger partial charge in [0.15, 0.2) is 6.04 Å². The van der Waals surface area contributed by atoms with E-state index in [2.05, 4.69) is 47.2 Å². The molecule has 1 heterocycles. The molecule has 68 heavy (non-hydrogen) atoms. The summed E-state index contributed by atoms with van der Waals surface area (Å²) in [5, 5.41) is 65.3. The molecule has 0 aliphatic carbocycles. The fraction of sp³-hybridized carbons (Fsp3) is 0.537. The van der Waals surface area contributed by atoms with E-state index < -0.39 is 140 Å². The molecule has 2 aromatic rings. The van der Waals surface area contributed by atoms with E-state index in [-0.39, 0.29) is 43.8 Å². The third kappa shape index (κ3) is 19.7. The third-order valence-corrected chi connectivity index (χ3v) is 9.98. The van der Waals surface area contributed by atoms with Crippen molar-refractivity contribution in [3.8, 4) is 5.75 Å². The summed E-state index contributed by atoms with van der Waals surface area (Å²) in [5.41, 5.74) is 17.5. The van der Waals surface area contributed by atoms with Crippen LogP contribution in [0, 0.1) is 5.92 Å². The average Bonchev–Trinajstić information content (AvgIpc) is 3.78. The number of primary amides is 2. The van der Waals surface area contributed by atoms with Gasteiger partial charge in [-0.2, -0.15) is 0 Å². The van der Waals surface area contributed by atoms with Gasteiger partial charge in [-0.1, -0.05) is 26.0 Å². The Kier molecular flexibility index (Phi) is 23.5. The van der Waals surface area contributed by atoms with E-state index in [4.69, 9.17) is 17.2 Å². The van der Waals surface area contributed by atoms with Gasteiger partial charge in [-0.15, -0.1) is 0 Å². The first-order chi connectivity index (χ1) is 31.9. The SMILES string of the molecule is CC(C)C[C@H](NC(=O)[C@H](CCC(N)=O)NC(=O)[C@H](CCC(N)=O)NC(=O)[C@@H](N)Cc1cnc[nH]1)C(=O)N[C@@H](CO)C(=O)N[C@@H](CO)C(=O)N[C@@H](Cc1ccc(O)cc1)C(=O)N[C@H](C(=O)O)[C@@H](C)O. The van der Waals surface area contributed by atoms with Crippen LogP contribution in [0.15, 0.2) is 36.8 Å². The molecule has 0 spiro atoms. The molecule has 0 unspecified atom stereocenters. The molecule has 19 N–H and O–H groups in total. The van der Waals surface area contributed by atoms with Crippen LogP contribution in [-0.4, -0.2) is 162 Å². The average molecular weight is 963 g/mol. The summed E-state index contributed by atoms with van der Waals surface area (Å²) in [6, 6.07) is -7.48. The maximum atomic E-state index is 13.8. The van der Waals surface area contributed by atoms with Gasteiger partial charge in [0.1, 0.15) is 42.0 Å². The molecule has 376 valence electrons. The number of aromatic nitrogens is 2. The van der Waals surface area contributed by atoms with Gasteiger partial charge >= 0.3 is 5.97 Å². The highest BCUT2D eigenvalue weighted by Gasteiger charge is 2.35. The quantitative estimate of drug-likeness (QED) is 0.0346. The van der Waals surface area contributed by atoms with Gasteiger partial charge in [-0.25, -0.2) is 9.78 Å². The minimum atomic E-state index is -1.85. The van der Waals surface area contributed by atoms with Gasteiger partial charge < -0.3 is 84.9 Å². The number of nitrogens with one attached hydrogen (secondary N) is 8. The molecular weight excluding hydrogens is 901 g/mol. The smallest absolute Gasteiger partial charge is 0.328 e. The number of amides is 9. The van der Waals surface area contributed by atoms with Crippen LogP contribution in [-0.2, 0) is 60.8 Å². The number of aliphatic hydroxyl groups is 3. The minimum Gasteiger partial charge on any atom is -0.508 e.